The highest BCUT2D eigenvalue weighted by Gasteiger charge is 2.26. The van der Waals surface area contributed by atoms with Crippen molar-refractivity contribution in [1.82, 2.24) is 8.96 Å². The van der Waals surface area contributed by atoms with Crippen LogP contribution in [0.4, 0.5) is 4.39 Å². The minimum atomic E-state index is -3.93. The fraction of sp³-hybridized carbons (Fsp3) is 0.125. The van der Waals surface area contributed by atoms with Crippen LogP contribution < -0.4 is 0 Å². The van der Waals surface area contributed by atoms with Crippen LogP contribution in [0.2, 0.25) is 0 Å². The van der Waals surface area contributed by atoms with Crippen molar-refractivity contribution in [3.05, 3.63) is 102 Å². The lowest BCUT2D eigenvalue weighted by Gasteiger charge is -2.15. The lowest BCUT2D eigenvalue weighted by atomic mass is 9.98. The van der Waals surface area contributed by atoms with Gasteiger partial charge in [0.1, 0.15) is 5.82 Å². The van der Waals surface area contributed by atoms with Gasteiger partial charge in [-0.05, 0) is 53.9 Å². The average molecular weight is 421 g/mol. The maximum absolute atomic E-state index is 14.0. The second-order valence-corrected chi connectivity index (χ2v) is 9.15. The molecule has 0 radical (unpaired) electrons. The van der Waals surface area contributed by atoms with Crippen LogP contribution in [0.15, 0.2) is 90.0 Å². The van der Waals surface area contributed by atoms with Gasteiger partial charge in [-0.1, -0.05) is 50.3 Å². The standard InChI is InChI=1S/C24H21FN2O2S/c1-17(2)14-22(18-8-6-10-20(25)15-18)23-16-19-9-7-13-26-24(19)27(23)30(28,29)21-11-4-3-5-12-21/h3-17H,1-2H3. The van der Waals surface area contributed by atoms with Gasteiger partial charge < -0.3 is 0 Å². The normalized spacial score (nSPS) is 12.6. The van der Waals surface area contributed by atoms with Crippen molar-refractivity contribution in [2.24, 2.45) is 5.92 Å². The molecule has 6 heteroatoms. The van der Waals surface area contributed by atoms with Gasteiger partial charge in [0.05, 0.1) is 10.6 Å². The van der Waals surface area contributed by atoms with Crippen LogP contribution >= 0.6 is 0 Å². The monoisotopic (exact) mass is 420 g/mol. The van der Waals surface area contributed by atoms with Gasteiger partial charge in [-0.25, -0.2) is 21.8 Å². The summed E-state index contributed by atoms with van der Waals surface area (Å²) in [7, 11) is -3.93. The van der Waals surface area contributed by atoms with Crippen molar-refractivity contribution in [3.8, 4) is 0 Å². The Morgan fingerprint density at radius 2 is 1.77 bits per heavy atom. The van der Waals surface area contributed by atoms with Crippen LogP contribution in [0.1, 0.15) is 25.1 Å². The molecule has 0 atom stereocenters. The van der Waals surface area contributed by atoms with Crippen molar-refractivity contribution >= 4 is 26.6 Å². The summed E-state index contributed by atoms with van der Waals surface area (Å²) in [5, 5.41) is 0.693. The smallest absolute Gasteiger partial charge is 0.237 e. The Bertz CT molecular complexity index is 1340. The van der Waals surface area contributed by atoms with Crippen LogP contribution in [0.25, 0.3) is 16.6 Å². The molecule has 0 aliphatic heterocycles. The Morgan fingerprint density at radius 3 is 2.47 bits per heavy atom. The highest BCUT2D eigenvalue weighted by molar-refractivity contribution is 7.90. The molecule has 0 unspecified atom stereocenters. The number of halogens is 1. The molecule has 4 rings (SSSR count). The third kappa shape index (κ3) is 3.66. The van der Waals surface area contributed by atoms with Crippen molar-refractivity contribution in [2.75, 3.05) is 0 Å². The SMILES string of the molecule is CC(C)C=C(c1cccc(F)c1)c1cc2cccnc2n1S(=O)(=O)c1ccccc1. The maximum Gasteiger partial charge on any atom is 0.269 e. The first-order valence-corrected chi connectivity index (χ1v) is 11.1. The Kier molecular flexibility index (Phi) is 5.26. The Morgan fingerprint density at radius 1 is 1.00 bits per heavy atom. The summed E-state index contributed by atoms with van der Waals surface area (Å²) < 4.78 is 42.6. The first kappa shape index (κ1) is 20.0. The van der Waals surface area contributed by atoms with Crippen molar-refractivity contribution < 1.29 is 12.8 Å². The molecule has 2 heterocycles. The van der Waals surface area contributed by atoms with Crippen LogP contribution in [0.3, 0.4) is 0 Å². The maximum atomic E-state index is 14.0. The number of pyridine rings is 1. The lowest BCUT2D eigenvalue weighted by molar-refractivity contribution is 0.588. The second-order valence-electron chi connectivity index (χ2n) is 7.36. The predicted octanol–water partition coefficient (Wildman–Crippen LogP) is 5.50. The fourth-order valence-electron chi connectivity index (χ4n) is 3.46. The Hall–Kier alpha value is -3.25. The quantitative estimate of drug-likeness (QED) is 0.428. The summed E-state index contributed by atoms with van der Waals surface area (Å²) in [4.78, 5) is 4.51. The van der Waals surface area contributed by atoms with Gasteiger partial charge in [-0.3, -0.25) is 0 Å². The molecule has 2 aromatic carbocycles. The molecular weight excluding hydrogens is 399 g/mol. The van der Waals surface area contributed by atoms with E-state index in [1.807, 2.05) is 26.0 Å². The highest BCUT2D eigenvalue weighted by atomic mass is 32.2. The number of benzene rings is 2. The zero-order valence-electron chi connectivity index (χ0n) is 16.7. The third-order valence-electron chi connectivity index (χ3n) is 4.71. The minimum absolute atomic E-state index is 0.113. The van der Waals surface area contributed by atoms with Gasteiger partial charge >= 0.3 is 0 Å². The number of allylic oxidation sites excluding steroid dienone is 1. The second kappa shape index (κ2) is 7.88. The van der Waals surface area contributed by atoms with Gasteiger partial charge in [-0.15, -0.1) is 0 Å². The number of fused-ring (bicyclic) bond motifs is 1. The van der Waals surface area contributed by atoms with Gasteiger partial charge in [0, 0.05) is 17.2 Å². The molecule has 4 nitrogen and oxygen atoms in total. The number of rotatable bonds is 5. The van der Waals surface area contributed by atoms with E-state index in [0.29, 0.717) is 27.9 Å². The molecule has 0 amide bonds. The van der Waals surface area contributed by atoms with Gasteiger partial charge in [0.15, 0.2) is 5.65 Å². The topological polar surface area (TPSA) is 52.0 Å². The van der Waals surface area contributed by atoms with Crippen LogP contribution in [-0.2, 0) is 10.0 Å². The van der Waals surface area contributed by atoms with E-state index in [0.717, 1.165) is 0 Å². The molecule has 0 bridgehead atoms. The van der Waals surface area contributed by atoms with E-state index >= 15 is 0 Å². The zero-order valence-corrected chi connectivity index (χ0v) is 17.5. The molecule has 0 spiro atoms. The highest BCUT2D eigenvalue weighted by Crippen LogP contribution is 2.33. The summed E-state index contributed by atoms with van der Waals surface area (Å²) in [5.41, 5.74) is 2.03. The Labute approximate surface area is 175 Å². The summed E-state index contributed by atoms with van der Waals surface area (Å²) >= 11 is 0. The van der Waals surface area contributed by atoms with E-state index in [-0.39, 0.29) is 16.6 Å². The molecule has 0 aliphatic carbocycles. The summed E-state index contributed by atoms with van der Waals surface area (Å²) in [6, 6.07) is 19.8. The van der Waals surface area contributed by atoms with Gasteiger partial charge in [0.2, 0.25) is 0 Å². The predicted molar refractivity (Wildman–Crippen MR) is 117 cm³/mol. The molecule has 0 N–H and O–H groups in total. The van der Waals surface area contributed by atoms with Gasteiger partial charge in [-0.2, -0.15) is 0 Å². The van der Waals surface area contributed by atoms with Crippen molar-refractivity contribution in [1.29, 1.82) is 0 Å². The van der Waals surface area contributed by atoms with Crippen LogP contribution in [-0.4, -0.2) is 17.4 Å². The molecule has 0 aliphatic rings. The first-order valence-electron chi connectivity index (χ1n) is 9.63. The first-order chi connectivity index (χ1) is 14.4. The molecule has 0 fully saturated rings. The van der Waals surface area contributed by atoms with Gasteiger partial charge in [0.25, 0.3) is 10.0 Å². The third-order valence-corrected chi connectivity index (χ3v) is 6.43. The van der Waals surface area contributed by atoms with E-state index in [2.05, 4.69) is 4.98 Å². The Balaban J connectivity index is 2.07. The number of aromatic nitrogens is 2. The molecule has 4 aromatic rings. The largest absolute Gasteiger partial charge is 0.269 e. The summed E-state index contributed by atoms with van der Waals surface area (Å²) in [6.07, 6.45) is 3.51. The molecule has 0 saturated carbocycles. The number of hydrogen-bond acceptors (Lipinski definition) is 3. The van der Waals surface area contributed by atoms with E-state index in [1.54, 1.807) is 60.8 Å². The van der Waals surface area contributed by atoms with E-state index in [9.17, 15) is 12.8 Å². The molecule has 2 aromatic heterocycles. The summed E-state index contributed by atoms with van der Waals surface area (Å²) in [5.74, 6) is -0.268. The average Bonchev–Trinajstić information content (AvgIpc) is 3.12. The molecular formula is C24H21FN2O2S. The fourth-order valence-corrected chi connectivity index (χ4v) is 4.96. The van der Waals surface area contributed by atoms with E-state index < -0.39 is 10.0 Å². The number of hydrogen-bond donors (Lipinski definition) is 0. The zero-order chi connectivity index (χ0) is 21.3. The van der Waals surface area contributed by atoms with E-state index in [1.165, 1.54) is 16.1 Å². The van der Waals surface area contributed by atoms with Crippen molar-refractivity contribution in [3.63, 3.8) is 0 Å². The van der Waals surface area contributed by atoms with E-state index in [4.69, 9.17) is 0 Å². The number of nitrogens with zero attached hydrogens (tertiary/aromatic N) is 2. The van der Waals surface area contributed by atoms with Crippen LogP contribution in [0.5, 0.6) is 0 Å². The lowest BCUT2D eigenvalue weighted by Crippen LogP contribution is -2.16. The summed E-state index contributed by atoms with van der Waals surface area (Å²) in [6.45, 7) is 3.99. The molecule has 152 valence electrons. The van der Waals surface area contributed by atoms with Crippen LogP contribution in [0, 0.1) is 11.7 Å². The van der Waals surface area contributed by atoms with Crippen molar-refractivity contribution in [2.45, 2.75) is 18.7 Å². The molecule has 0 saturated heterocycles. The minimum Gasteiger partial charge on any atom is -0.237 e. The molecule has 30 heavy (non-hydrogen) atoms.